The van der Waals surface area contributed by atoms with Gasteiger partial charge in [-0.05, 0) is 44.4 Å². The molecule has 130 valence electrons. The molecule has 2 N–H and O–H groups in total. The molecule has 0 aromatic heterocycles. The predicted molar refractivity (Wildman–Crippen MR) is 82.7 cm³/mol. The summed E-state index contributed by atoms with van der Waals surface area (Å²) in [5.74, 6) is -0.706. The Labute approximate surface area is 139 Å². The maximum Gasteiger partial charge on any atom is 0.573 e. The molecular formula is C15H20ClF3N2O2. The molecular weight excluding hydrogens is 333 g/mol. The number of nitrogens with two attached hydrogens (primary N) is 1. The van der Waals surface area contributed by atoms with Crippen LogP contribution in [0.25, 0.3) is 0 Å². The van der Waals surface area contributed by atoms with Crippen molar-refractivity contribution in [2.45, 2.75) is 44.6 Å². The zero-order chi connectivity index (χ0) is 16.3. The summed E-state index contributed by atoms with van der Waals surface area (Å²) in [7, 11) is 0. The van der Waals surface area contributed by atoms with Crippen LogP contribution in [0.1, 0.15) is 36.5 Å². The van der Waals surface area contributed by atoms with Gasteiger partial charge in [0.25, 0.3) is 5.91 Å². The van der Waals surface area contributed by atoms with Crippen molar-refractivity contribution < 1.29 is 22.7 Å². The van der Waals surface area contributed by atoms with E-state index in [-0.39, 0.29) is 36.0 Å². The largest absolute Gasteiger partial charge is 0.573 e. The molecule has 0 saturated carbocycles. The first-order valence-corrected chi connectivity index (χ1v) is 7.20. The Morgan fingerprint density at radius 3 is 2.70 bits per heavy atom. The van der Waals surface area contributed by atoms with Crippen LogP contribution in [0.5, 0.6) is 5.75 Å². The zero-order valence-corrected chi connectivity index (χ0v) is 13.5. The third-order valence-electron chi connectivity index (χ3n) is 3.73. The lowest BCUT2D eigenvalue weighted by atomic mass is 9.96. The predicted octanol–water partition coefficient (Wildman–Crippen LogP) is 3.35. The Bertz CT molecular complexity index is 538. The Hall–Kier alpha value is -1.47. The molecule has 1 aromatic rings. The van der Waals surface area contributed by atoms with Crippen LogP contribution in [0.2, 0.25) is 0 Å². The van der Waals surface area contributed by atoms with E-state index in [0.717, 1.165) is 25.3 Å². The number of hydrogen-bond acceptors (Lipinski definition) is 3. The molecule has 1 aliphatic rings. The summed E-state index contributed by atoms with van der Waals surface area (Å²) in [5, 5.41) is 0. The SMILES string of the molecule is CC(N)C1CCCCN1C(=O)c1cccc(OC(F)(F)F)c1.Cl. The van der Waals surface area contributed by atoms with Crippen LogP contribution in [0.3, 0.4) is 0 Å². The standard InChI is InChI=1S/C15H19F3N2O2.ClH/c1-10(19)13-7-2-3-8-20(13)14(21)11-5-4-6-12(9-11)22-15(16,17)18;/h4-6,9-10,13H,2-3,7-8,19H2,1H3;1H. The summed E-state index contributed by atoms with van der Waals surface area (Å²) in [6, 6.07) is 4.87. The summed E-state index contributed by atoms with van der Waals surface area (Å²) in [5.41, 5.74) is 6.09. The topological polar surface area (TPSA) is 55.6 Å². The fraction of sp³-hybridized carbons (Fsp3) is 0.533. The zero-order valence-electron chi connectivity index (χ0n) is 12.7. The molecule has 4 nitrogen and oxygen atoms in total. The van der Waals surface area contributed by atoms with Gasteiger partial charge < -0.3 is 15.4 Å². The van der Waals surface area contributed by atoms with E-state index in [4.69, 9.17) is 5.73 Å². The number of ether oxygens (including phenoxy) is 1. The van der Waals surface area contributed by atoms with Gasteiger partial charge in [0.05, 0.1) is 0 Å². The average Bonchev–Trinajstić information content (AvgIpc) is 2.45. The highest BCUT2D eigenvalue weighted by atomic mass is 35.5. The van der Waals surface area contributed by atoms with Gasteiger partial charge in [0.1, 0.15) is 5.75 Å². The number of likely N-dealkylation sites (tertiary alicyclic amines) is 1. The van der Waals surface area contributed by atoms with Crippen LogP contribution in [-0.2, 0) is 0 Å². The molecule has 2 atom stereocenters. The maximum atomic E-state index is 12.6. The number of carbonyl (C=O) groups is 1. The van der Waals surface area contributed by atoms with Crippen molar-refractivity contribution in [3.8, 4) is 5.75 Å². The molecule has 23 heavy (non-hydrogen) atoms. The molecule has 1 saturated heterocycles. The van der Waals surface area contributed by atoms with Crippen LogP contribution in [0.15, 0.2) is 24.3 Å². The maximum absolute atomic E-state index is 12.6. The van der Waals surface area contributed by atoms with Gasteiger partial charge in [-0.3, -0.25) is 4.79 Å². The van der Waals surface area contributed by atoms with Gasteiger partial charge in [0, 0.05) is 24.2 Å². The number of halogens is 4. The second kappa shape index (κ2) is 7.88. The summed E-state index contributed by atoms with van der Waals surface area (Å²) in [6.45, 7) is 2.40. The van der Waals surface area contributed by atoms with E-state index in [1.807, 2.05) is 6.92 Å². The minimum Gasteiger partial charge on any atom is -0.406 e. The minimum absolute atomic E-state index is 0. The molecule has 8 heteroatoms. The van der Waals surface area contributed by atoms with E-state index in [1.54, 1.807) is 4.90 Å². The van der Waals surface area contributed by atoms with Crippen LogP contribution in [0.4, 0.5) is 13.2 Å². The quantitative estimate of drug-likeness (QED) is 0.907. The number of piperidine rings is 1. The summed E-state index contributed by atoms with van der Waals surface area (Å²) >= 11 is 0. The Morgan fingerprint density at radius 2 is 2.09 bits per heavy atom. The number of carbonyl (C=O) groups excluding carboxylic acids is 1. The third-order valence-corrected chi connectivity index (χ3v) is 3.73. The van der Waals surface area contributed by atoms with Gasteiger partial charge >= 0.3 is 6.36 Å². The van der Waals surface area contributed by atoms with Crippen LogP contribution in [-0.4, -0.2) is 35.8 Å². The molecule has 1 aromatic carbocycles. The highest BCUT2D eigenvalue weighted by Crippen LogP contribution is 2.26. The molecule has 1 amide bonds. The number of rotatable bonds is 3. The van der Waals surface area contributed by atoms with Crippen molar-refractivity contribution in [1.29, 1.82) is 0 Å². The molecule has 1 heterocycles. The van der Waals surface area contributed by atoms with Crippen molar-refractivity contribution >= 4 is 18.3 Å². The minimum atomic E-state index is -4.78. The smallest absolute Gasteiger partial charge is 0.406 e. The fourth-order valence-electron chi connectivity index (χ4n) is 2.75. The lowest BCUT2D eigenvalue weighted by molar-refractivity contribution is -0.274. The van der Waals surface area contributed by atoms with Crippen LogP contribution >= 0.6 is 12.4 Å². The second-order valence-corrected chi connectivity index (χ2v) is 5.50. The van der Waals surface area contributed by atoms with E-state index in [1.165, 1.54) is 18.2 Å². The van der Waals surface area contributed by atoms with E-state index in [2.05, 4.69) is 4.74 Å². The molecule has 0 bridgehead atoms. The Kier molecular flexibility index (Phi) is 6.70. The lowest BCUT2D eigenvalue weighted by Gasteiger charge is -2.38. The van der Waals surface area contributed by atoms with E-state index in [9.17, 15) is 18.0 Å². The Morgan fingerprint density at radius 1 is 1.39 bits per heavy atom. The fourth-order valence-corrected chi connectivity index (χ4v) is 2.75. The summed E-state index contributed by atoms with van der Waals surface area (Å²) in [4.78, 5) is 14.2. The van der Waals surface area contributed by atoms with Gasteiger partial charge in [-0.1, -0.05) is 6.07 Å². The summed E-state index contributed by atoms with van der Waals surface area (Å²) in [6.07, 6.45) is -2.11. The normalized spacial score (nSPS) is 19.7. The van der Waals surface area contributed by atoms with E-state index < -0.39 is 12.1 Å². The van der Waals surface area contributed by atoms with Crippen LogP contribution in [0, 0.1) is 0 Å². The first-order chi connectivity index (χ1) is 10.3. The van der Waals surface area contributed by atoms with Crippen molar-refractivity contribution in [1.82, 2.24) is 4.90 Å². The third kappa shape index (κ3) is 5.28. The molecule has 0 radical (unpaired) electrons. The first kappa shape index (κ1) is 19.6. The van der Waals surface area contributed by atoms with Gasteiger partial charge in [0.2, 0.25) is 0 Å². The van der Waals surface area contributed by atoms with Gasteiger partial charge in [-0.15, -0.1) is 25.6 Å². The number of benzene rings is 1. The van der Waals surface area contributed by atoms with Crippen LogP contribution < -0.4 is 10.5 Å². The van der Waals surface area contributed by atoms with Crippen molar-refractivity contribution in [3.63, 3.8) is 0 Å². The number of alkyl halides is 3. The second-order valence-electron chi connectivity index (χ2n) is 5.50. The molecule has 2 rings (SSSR count). The highest BCUT2D eigenvalue weighted by Gasteiger charge is 2.32. The molecule has 1 fully saturated rings. The lowest BCUT2D eigenvalue weighted by Crippen LogP contribution is -2.51. The monoisotopic (exact) mass is 352 g/mol. The molecule has 0 aliphatic carbocycles. The van der Waals surface area contributed by atoms with E-state index in [0.29, 0.717) is 6.54 Å². The van der Waals surface area contributed by atoms with E-state index >= 15 is 0 Å². The number of nitrogens with zero attached hydrogens (tertiary/aromatic N) is 1. The van der Waals surface area contributed by atoms with Gasteiger partial charge in [-0.2, -0.15) is 0 Å². The van der Waals surface area contributed by atoms with Gasteiger partial charge in [-0.25, -0.2) is 0 Å². The van der Waals surface area contributed by atoms with Crippen molar-refractivity contribution in [3.05, 3.63) is 29.8 Å². The number of hydrogen-bond donors (Lipinski definition) is 1. The van der Waals surface area contributed by atoms with Crippen molar-refractivity contribution in [2.24, 2.45) is 5.73 Å². The highest BCUT2D eigenvalue weighted by molar-refractivity contribution is 5.95. The molecule has 1 aliphatic heterocycles. The summed E-state index contributed by atoms with van der Waals surface area (Å²) < 4.78 is 40.6. The molecule has 2 unspecified atom stereocenters. The molecule has 0 spiro atoms. The van der Waals surface area contributed by atoms with Gasteiger partial charge in [0.15, 0.2) is 0 Å². The number of amides is 1. The Balaban J connectivity index is 0.00000264. The first-order valence-electron chi connectivity index (χ1n) is 7.20. The van der Waals surface area contributed by atoms with Crippen molar-refractivity contribution in [2.75, 3.05) is 6.54 Å². The average molecular weight is 353 g/mol.